The monoisotopic (exact) mass is 229 g/mol. The molecule has 0 bridgehead atoms. The molecule has 3 aromatic rings. The fraction of sp³-hybridized carbons (Fsp3) is 0.167. The Morgan fingerprint density at radius 1 is 1.41 bits per heavy atom. The maximum atomic E-state index is 11.5. The average Bonchev–Trinajstić information content (AvgIpc) is 2.66. The minimum atomic E-state index is -0.406. The van der Waals surface area contributed by atoms with E-state index >= 15 is 0 Å². The van der Waals surface area contributed by atoms with Crippen molar-refractivity contribution in [3.8, 4) is 0 Å². The van der Waals surface area contributed by atoms with Crippen LogP contribution in [0.25, 0.3) is 22.1 Å². The van der Waals surface area contributed by atoms with Gasteiger partial charge in [0.2, 0.25) is 0 Å². The summed E-state index contributed by atoms with van der Waals surface area (Å²) in [5.74, 6) is 0. The lowest BCUT2D eigenvalue weighted by atomic mass is 10.2. The molecule has 0 radical (unpaired) electrons. The molecule has 0 aliphatic carbocycles. The first-order valence-electron chi connectivity index (χ1n) is 5.34. The normalized spacial score (nSPS) is 13.3. The van der Waals surface area contributed by atoms with Gasteiger partial charge in [0.1, 0.15) is 11.1 Å². The summed E-state index contributed by atoms with van der Waals surface area (Å²) >= 11 is 0. The molecule has 5 nitrogen and oxygen atoms in total. The van der Waals surface area contributed by atoms with Gasteiger partial charge >= 0.3 is 5.69 Å². The number of furan rings is 1. The summed E-state index contributed by atoms with van der Waals surface area (Å²) in [6, 6.07) is 7.16. The Labute approximate surface area is 96.3 Å². The molecule has 0 aliphatic rings. The molecule has 0 fully saturated rings. The van der Waals surface area contributed by atoms with E-state index in [4.69, 9.17) is 10.2 Å². The topological polar surface area (TPSA) is 84.9 Å². The first-order valence-corrected chi connectivity index (χ1v) is 5.34. The Hall–Kier alpha value is -2.14. The van der Waals surface area contributed by atoms with Crippen molar-refractivity contribution in [1.29, 1.82) is 0 Å². The molecule has 0 aliphatic heterocycles. The van der Waals surface area contributed by atoms with Gasteiger partial charge in [-0.05, 0) is 19.1 Å². The van der Waals surface area contributed by atoms with E-state index in [2.05, 4.69) is 9.97 Å². The highest BCUT2D eigenvalue weighted by Crippen LogP contribution is 2.28. The number of hydrogen-bond donors (Lipinski definition) is 2. The smallest absolute Gasteiger partial charge is 0.345 e. The van der Waals surface area contributed by atoms with E-state index in [-0.39, 0.29) is 6.04 Å². The fourth-order valence-electron chi connectivity index (χ4n) is 1.95. The Morgan fingerprint density at radius 2 is 2.18 bits per heavy atom. The Balaban J connectivity index is 2.56. The van der Waals surface area contributed by atoms with Crippen LogP contribution >= 0.6 is 0 Å². The number of hydrogen-bond acceptors (Lipinski definition) is 4. The quantitative estimate of drug-likeness (QED) is 0.665. The number of benzene rings is 1. The van der Waals surface area contributed by atoms with Gasteiger partial charge in [-0.3, -0.25) is 0 Å². The van der Waals surface area contributed by atoms with Gasteiger partial charge in [0.25, 0.3) is 0 Å². The zero-order chi connectivity index (χ0) is 12.0. The highest BCUT2D eigenvalue weighted by atomic mass is 16.3. The van der Waals surface area contributed by atoms with E-state index in [1.54, 1.807) is 6.92 Å². The standard InChI is InChI=1S/C12H11N3O2/c1-6(13)9-11-10(15-12(16)14-9)7-4-2-3-5-8(7)17-11/h2-6H,13H2,1H3,(H,14,15,16). The van der Waals surface area contributed by atoms with Crippen LogP contribution in [0.5, 0.6) is 0 Å². The fourth-order valence-corrected chi connectivity index (χ4v) is 1.95. The molecule has 2 aromatic heterocycles. The molecule has 5 heteroatoms. The van der Waals surface area contributed by atoms with Gasteiger partial charge in [-0.25, -0.2) is 4.79 Å². The molecule has 3 rings (SSSR count). The number of aromatic amines is 1. The van der Waals surface area contributed by atoms with Crippen LogP contribution in [0.2, 0.25) is 0 Å². The first-order chi connectivity index (χ1) is 8.16. The van der Waals surface area contributed by atoms with Gasteiger partial charge < -0.3 is 15.1 Å². The van der Waals surface area contributed by atoms with Gasteiger partial charge in [0.05, 0.1) is 5.69 Å². The van der Waals surface area contributed by atoms with E-state index in [1.165, 1.54) is 0 Å². The molecule has 0 spiro atoms. The second-order valence-corrected chi connectivity index (χ2v) is 4.02. The van der Waals surface area contributed by atoms with Crippen LogP contribution in [0.3, 0.4) is 0 Å². The molecule has 3 N–H and O–H groups in total. The molecular weight excluding hydrogens is 218 g/mol. The Kier molecular flexibility index (Phi) is 2.02. The third kappa shape index (κ3) is 1.43. The number of rotatable bonds is 1. The first kappa shape index (κ1) is 10.0. The van der Waals surface area contributed by atoms with Crippen LogP contribution in [0.1, 0.15) is 18.7 Å². The largest absolute Gasteiger partial charge is 0.452 e. The van der Waals surface area contributed by atoms with Crippen molar-refractivity contribution >= 4 is 22.1 Å². The van der Waals surface area contributed by atoms with Crippen LogP contribution in [-0.2, 0) is 0 Å². The van der Waals surface area contributed by atoms with E-state index in [0.29, 0.717) is 22.4 Å². The van der Waals surface area contributed by atoms with Crippen molar-refractivity contribution < 1.29 is 4.42 Å². The Bertz CT molecular complexity index is 755. The van der Waals surface area contributed by atoms with Gasteiger partial charge in [-0.1, -0.05) is 12.1 Å². The van der Waals surface area contributed by atoms with Crippen molar-refractivity contribution in [2.45, 2.75) is 13.0 Å². The van der Waals surface area contributed by atoms with E-state index in [0.717, 1.165) is 5.39 Å². The van der Waals surface area contributed by atoms with Crippen LogP contribution < -0.4 is 11.4 Å². The summed E-state index contributed by atoms with van der Waals surface area (Å²) in [7, 11) is 0. The summed E-state index contributed by atoms with van der Waals surface area (Å²) in [5, 5.41) is 0.829. The number of para-hydroxylation sites is 1. The Morgan fingerprint density at radius 3 is 2.94 bits per heavy atom. The molecule has 2 heterocycles. The molecule has 17 heavy (non-hydrogen) atoms. The second kappa shape index (κ2) is 3.43. The second-order valence-electron chi connectivity index (χ2n) is 4.02. The summed E-state index contributed by atoms with van der Waals surface area (Å²) in [6.07, 6.45) is 0. The predicted octanol–water partition coefficient (Wildman–Crippen LogP) is 1.69. The molecule has 1 atom stereocenters. The summed E-state index contributed by atoms with van der Waals surface area (Å²) < 4.78 is 5.69. The van der Waals surface area contributed by atoms with Gasteiger partial charge in [-0.15, -0.1) is 0 Å². The minimum Gasteiger partial charge on any atom is -0.452 e. The highest BCUT2D eigenvalue weighted by Gasteiger charge is 2.15. The zero-order valence-electron chi connectivity index (χ0n) is 9.23. The van der Waals surface area contributed by atoms with Crippen LogP contribution in [0.15, 0.2) is 33.5 Å². The molecule has 1 unspecified atom stereocenters. The third-order valence-electron chi connectivity index (χ3n) is 2.72. The van der Waals surface area contributed by atoms with E-state index in [1.807, 2.05) is 24.3 Å². The van der Waals surface area contributed by atoms with Crippen LogP contribution in [0.4, 0.5) is 0 Å². The van der Waals surface area contributed by atoms with Crippen LogP contribution in [-0.4, -0.2) is 9.97 Å². The average molecular weight is 229 g/mol. The predicted molar refractivity (Wildman–Crippen MR) is 64.7 cm³/mol. The number of nitrogens with zero attached hydrogens (tertiary/aromatic N) is 1. The molecule has 0 amide bonds. The molecule has 0 saturated carbocycles. The van der Waals surface area contributed by atoms with Crippen molar-refractivity contribution in [1.82, 2.24) is 9.97 Å². The van der Waals surface area contributed by atoms with E-state index < -0.39 is 5.69 Å². The van der Waals surface area contributed by atoms with Gasteiger partial charge in [0.15, 0.2) is 5.58 Å². The molecule has 86 valence electrons. The van der Waals surface area contributed by atoms with Gasteiger partial charge in [-0.2, -0.15) is 4.98 Å². The van der Waals surface area contributed by atoms with Crippen molar-refractivity contribution in [3.05, 3.63) is 40.4 Å². The van der Waals surface area contributed by atoms with Crippen LogP contribution in [0, 0.1) is 0 Å². The maximum absolute atomic E-state index is 11.5. The molecule has 1 aromatic carbocycles. The summed E-state index contributed by atoms with van der Waals surface area (Å²) in [4.78, 5) is 18.1. The number of nitrogens with one attached hydrogen (secondary N) is 1. The summed E-state index contributed by atoms with van der Waals surface area (Å²) in [5.41, 5.74) is 7.81. The lowest BCUT2D eigenvalue weighted by Gasteiger charge is -2.04. The molecule has 0 saturated heterocycles. The maximum Gasteiger partial charge on any atom is 0.345 e. The number of H-pyrrole nitrogens is 1. The van der Waals surface area contributed by atoms with Crippen molar-refractivity contribution in [2.75, 3.05) is 0 Å². The SMILES string of the molecule is CC(N)c1[nH]c(=O)nc2c1oc1ccccc12. The molecular formula is C12H11N3O2. The number of fused-ring (bicyclic) bond motifs is 3. The lowest BCUT2D eigenvalue weighted by Crippen LogP contribution is -2.17. The van der Waals surface area contributed by atoms with E-state index in [9.17, 15) is 4.79 Å². The van der Waals surface area contributed by atoms with Crippen molar-refractivity contribution in [3.63, 3.8) is 0 Å². The minimum absolute atomic E-state index is 0.311. The number of aromatic nitrogens is 2. The van der Waals surface area contributed by atoms with Crippen molar-refractivity contribution in [2.24, 2.45) is 5.73 Å². The summed E-state index contributed by atoms with van der Waals surface area (Å²) in [6.45, 7) is 1.79. The lowest BCUT2D eigenvalue weighted by molar-refractivity contribution is 0.642. The third-order valence-corrected chi connectivity index (χ3v) is 2.72. The zero-order valence-corrected chi connectivity index (χ0v) is 9.23. The highest BCUT2D eigenvalue weighted by molar-refractivity contribution is 6.02. The van der Waals surface area contributed by atoms with Gasteiger partial charge in [0, 0.05) is 11.4 Å². The number of nitrogens with two attached hydrogens (primary N) is 1.